The van der Waals surface area contributed by atoms with Crippen molar-refractivity contribution in [2.24, 2.45) is 0 Å². The highest BCUT2D eigenvalue weighted by Crippen LogP contribution is 2.18. The van der Waals surface area contributed by atoms with Crippen molar-refractivity contribution in [3.05, 3.63) is 35.4 Å². The minimum atomic E-state index is -0.0887. The second kappa shape index (κ2) is 6.30. The smallest absolute Gasteiger partial charge is 0.0927 e. The van der Waals surface area contributed by atoms with Gasteiger partial charge >= 0.3 is 0 Å². The van der Waals surface area contributed by atoms with Gasteiger partial charge in [-0.25, -0.2) is 0 Å². The largest absolute Gasteiger partial charge is 0.298 e. The lowest BCUT2D eigenvalue weighted by Crippen LogP contribution is -2.23. The molecule has 0 saturated heterocycles. The third-order valence-electron chi connectivity index (χ3n) is 2.97. The first-order valence-electron chi connectivity index (χ1n) is 5.89. The molecule has 2 nitrogen and oxygen atoms in total. The van der Waals surface area contributed by atoms with Crippen molar-refractivity contribution >= 4 is 0 Å². The van der Waals surface area contributed by atoms with Gasteiger partial charge in [-0.05, 0) is 30.4 Å². The number of nitrogens with zero attached hydrogens (tertiary/aromatic N) is 1. The molecule has 0 radical (unpaired) electrons. The Labute approximate surface area is 98.3 Å². The van der Waals surface area contributed by atoms with Crippen molar-refractivity contribution in [1.82, 2.24) is 5.32 Å². The molecular weight excluding hydrogens is 196 g/mol. The molecule has 0 aliphatic carbocycles. The number of hydrogen-bond donors (Lipinski definition) is 1. The summed E-state index contributed by atoms with van der Waals surface area (Å²) in [5.41, 5.74) is 2.62. The van der Waals surface area contributed by atoms with Gasteiger partial charge < -0.3 is 0 Å². The molecule has 86 valence electrons. The first kappa shape index (κ1) is 12.7. The van der Waals surface area contributed by atoms with Crippen LogP contribution in [0.25, 0.3) is 0 Å². The maximum absolute atomic E-state index is 8.65. The Morgan fingerprint density at radius 3 is 2.38 bits per heavy atom. The molecule has 1 aromatic rings. The van der Waals surface area contributed by atoms with Crippen LogP contribution in [0, 0.1) is 11.3 Å². The molecular formula is C14H20N2. The van der Waals surface area contributed by atoms with Crippen molar-refractivity contribution in [3.63, 3.8) is 0 Å². The fourth-order valence-corrected chi connectivity index (χ4v) is 1.52. The molecule has 1 aromatic carbocycles. The molecule has 0 aliphatic heterocycles. The van der Waals surface area contributed by atoms with Gasteiger partial charge in [-0.15, -0.1) is 0 Å². The summed E-state index contributed by atoms with van der Waals surface area (Å²) in [4.78, 5) is 0. The van der Waals surface area contributed by atoms with Gasteiger partial charge in [0.05, 0.1) is 12.1 Å². The van der Waals surface area contributed by atoms with Gasteiger partial charge in [-0.3, -0.25) is 5.32 Å². The van der Waals surface area contributed by atoms with Crippen LogP contribution in [-0.4, -0.2) is 6.04 Å². The standard InChI is InChI=1S/C14H20N2/c1-4-11(2)14-7-5-13(6-8-14)10-16-12(3)9-15/h5-8,11-12,16H,4,10H2,1-3H3. The topological polar surface area (TPSA) is 35.8 Å². The second-order valence-electron chi connectivity index (χ2n) is 4.28. The summed E-state index contributed by atoms with van der Waals surface area (Å²) in [5.74, 6) is 0.625. The molecule has 0 saturated carbocycles. The third kappa shape index (κ3) is 3.67. The van der Waals surface area contributed by atoms with Crippen LogP contribution >= 0.6 is 0 Å². The van der Waals surface area contributed by atoms with Crippen LogP contribution in [0.4, 0.5) is 0 Å². The molecule has 16 heavy (non-hydrogen) atoms. The van der Waals surface area contributed by atoms with E-state index in [4.69, 9.17) is 5.26 Å². The number of nitriles is 1. The van der Waals surface area contributed by atoms with Gasteiger partial charge in [0.2, 0.25) is 0 Å². The molecule has 0 heterocycles. The summed E-state index contributed by atoms with van der Waals surface area (Å²) in [6.07, 6.45) is 1.17. The number of hydrogen-bond acceptors (Lipinski definition) is 2. The molecule has 0 aliphatic rings. The molecule has 1 N–H and O–H groups in total. The zero-order chi connectivity index (χ0) is 12.0. The van der Waals surface area contributed by atoms with Crippen molar-refractivity contribution in [3.8, 4) is 6.07 Å². The van der Waals surface area contributed by atoms with Gasteiger partial charge in [0.15, 0.2) is 0 Å². The summed E-state index contributed by atoms with van der Waals surface area (Å²) >= 11 is 0. The van der Waals surface area contributed by atoms with E-state index in [9.17, 15) is 0 Å². The van der Waals surface area contributed by atoms with Gasteiger partial charge in [-0.2, -0.15) is 5.26 Å². The lowest BCUT2D eigenvalue weighted by molar-refractivity contribution is 0.641. The van der Waals surface area contributed by atoms with E-state index >= 15 is 0 Å². The van der Waals surface area contributed by atoms with Crippen LogP contribution < -0.4 is 5.32 Å². The van der Waals surface area contributed by atoms with E-state index in [0.29, 0.717) is 5.92 Å². The Kier molecular flexibility index (Phi) is 5.01. The SMILES string of the molecule is CCC(C)c1ccc(CNC(C)C#N)cc1. The summed E-state index contributed by atoms with van der Waals surface area (Å²) < 4.78 is 0. The average molecular weight is 216 g/mol. The summed E-state index contributed by atoms with van der Waals surface area (Å²) in [6.45, 7) is 7.07. The van der Waals surface area contributed by atoms with E-state index in [1.807, 2.05) is 6.92 Å². The predicted octanol–water partition coefficient (Wildman–Crippen LogP) is 3.20. The molecule has 2 unspecified atom stereocenters. The van der Waals surface area contributed by atoms with E-state index < -0.39 is 0 Å². The normalized spacial score (nSPS) is 14.1. The molecule has 0 aromatic heterocycles. The first-order chi connectivity index (χ1) is 7.67. The zero-order valence-corrected chi connectivity index (χ0v) is 10.3. The number of rotatable bonds is 5. The van der Waals surface area contributed by atoms with Crippen molar-refractivity contribution in [2.75, 3.05) is 0 Å². The Morgan fingerprint density at radius 1 is 1.25 bits per heavy atom. The molecule has 0 amide bonds. The summed E-state index contributed by atoms with van der Waals surface area (Å²) in [7, 11) is 0. The Bertz CT molecular complexity index is 348. The first-order valence-corrected chi connectivity index (χ1v) is 5.89. The zero-order valence-electron chi connectivity index (χ0n) is 10.3. The number of nitrogens with one attached hydrogen (secondary N) is 1. The maximum Gasteiger partial charge on any atom is 0.0927 e. The van der Waals surface area contributed by atoms with Crippen LogP contribution in [0.1, 0.15) is 44.2 Å². The third-order valence-corrected chi connectivity index (χ3v) is 2.97. The highest BCUT2D eigenvalue weighted by atomic mass is 14.9. The van der Waals surface area contributed by atoms with E-state index in [1.165, 1.54) is 17.5 Å². The monoisotopic (exact) mass is 216 g/mol. The van der Waals surface area contributed by atoms with Crippen LogP contribution in [0.2, 0.25) is 0 Å². The van der Waals surface area contributed by atoms with Crippen LogP contribution in [-0.2, 0) is 6.54 Å². The average Bonchev–Trinajstić information content (AvgIpc) is 2.35. The van der Waals surface area contributed by atoms with E-state index in [2.05, 4.69) is 49.5 Å². The Balaban J connectivity index is 2.55. The molecule has 1 rings (SSSR count). The lowest BCUT2D eigenvalue weighted by Gasteiger charge is -2.10. The lowest BCUT2D eigenvalue weighted by atomic mass is 9.98. The van der Waals surface area contributed by atoms with Gasteiger partial charge in [-0.1, -0.05) is 38.1 Å². The highest BCUT2D eigenvalue weighted by molar-refractivity contribution is 5.25. The molecule has 2 heteroatoms. The Hall–Kier alpha value is -1.33. The fraction of sp³-hybridized carbons (Fsp3) is 0.500. The van der Waals surface area contributed by atoms with Gasteiger partial charge in [0.1, 0.15) is 0 Å². The van der Waals surface area contributed by atoms with Crippen LogP contribution in [0.3, 0.4) is 0 Å². The van der Waals surface area contributed by atoms with Gasteiger partial charge in [0.25, 0.3) is 0 Å². The Morgan fingerprint density at radius 2 is 1.88 bits per heavy atom. The fourth-order valence-electron chi connectivity index (χ4n) is 1.52. The van der Waals surface area contributed by atoms with E-state index in [1.54, 1.807) is 0 Å². The molecule has 0 fully saturated rings. The van der Waals surface area contributed by atoms with Gasteiger partial charge in [0, 0.05) is 6.54 Å². The number of benzene rings is 1. The summed E-state index contributed by atoms with van der Waals surface area (Å²) in [6, 6.07) is 10.7. The van der Waals surface area contributed by atoms with Crippen molar-refractivity contribution in [2.45, 2.75) is 45.7 Å². The molecule has 0 spiro atoms. The molecule has 2 atom stereocenters. The van der Waals surface area contributed by atoms with Crippen molar-refractivity contribution < 1.29 is 0 Å². The summed E-state index contributed by atoms with van der Waals surface area (Å²) in [5, 5.41) is 11.8. The second-order valence-corrected chi connectivity index (χ2v) is 4.28. The highest BCUT2D eigenvalue weighted by Gasteiger charge is 2.03. The maximum atomic E-state index is 8.65. The minimum Gasteiger partial charge on any atom is -0.298 e. The van der Waals surface area contributed by atoms with Crippen LogP contribution in [0.15, 0.2) is 24.3 Å². The van der Waals surface area contributed by atoms with E-state index in [0.717, 1.165) is 6.54 Å². The van der Waals surface area contributed by atoms with E-state index in [-0.39, 0.29) is 6.04 Å². The predicted molar refractivity (Wildman–Crippen MR) is 67.1 cm³/mol. The van der Waals surface area contributed by atoms with Crippen LogP contribution in [0.5, 0.6) is 0 Å². The van der Waals surface area contributed by atoms with Crippen molar-refractivity contribution in [1.29, 1.82) is 5.26 Å². The molecule has 0 bridgehead atoms. The minimum absolute atomic E-state index is 0.0887. The quantitative estimate of drug-likeness (QED) is 0.820.